The van der Waals surface area contributed by atoms with E-state index >= 15 is 0 Å². The molecule has 1 atom stereocenters. The van der Waals surface area contributed by atoms with Gasteiger partial charge in [0.2, 0.25) is 0 Å². The zero-order valence-corrected chi connectivity index (χ0v) is 13.3. The quantitative estimate of drug-likeness (QED) is 0.773. The van der Waals surface area contributed by atoms with Gasteiger partial charge in [-0.3, -0.25) is 0 Å². The molecule has 19 heavy (non-hydrogen) atoms. The summed E-state index contributed by atoms with van der Waals surface area (Å²) in [6.07, 6.45) is 2.16. The van der Waals surface area contributed by atoms with Crippen molar-refractivity contribution in [3.63, 3.8) is 0 Å². The SMILES string of the molecule is CCC(CNCC(C)C)Cc1cc(Cl)ccc1OC. The lowest BCUT2D eigenvalue weighted by Gasteiger charge is -2.18. The summed E-state index contributed by atoms with van der Waals surface area (Å²) >= 11 is 6.08. The van der Waals surface area contributed by atoms with Gasteiger partial charge in [-0.25, -0.2) is 0 Å². The minimum Gasteiger partial charge on any atom is -0.496 e. The second-order valence-corrected chi connectivity index (χ2v) is 5.92. The molecule has 0 fully saturated rings. The molecule has 0 aromatic heterocycles. The predicted molar refractivity (Wildman–Crippen MR) is 83.2 cm³/mol. The van der Waals surface area contributed by atoms with Crippen molar-refractivity contribution < 1.29 is 4.74 Å². The molecule has 1 N–H and O–H groups in total. The lowest BCUT2D eigenvalue weighted by molar-refractivity contribution is 0.396. The van der Waals surface area contributed by atoms with Crippen LogP contribution >= 0.6 is 11.6 Å². The van der Waals surface area contributed by atoms with Crippen molar-refractivity contribution >= 4 is 11.6 Å². The Morgan fingerprint density at radius 3 is 2.58 bits per heavy atom. The second-order valence-electron chi connectivity index (χ2n) is 5.49. The number of rotatable bonds is 8. The molecule has 1 aromatic carbocycles. The van der Waals surface area contributed by atoms with E-state index in [9.17, 15) is 0 Å². The van der Waals surface area contributed by atoms with Crippen molar-refractivity contribution in [1.82, 2.24) is 5.32 Å². The van der Waals surface area contributed by atoms with Gasteiger partial charge in [0.25, 0.3) is 0 Å². The first-order valence-electron chi connectivity index (χ1n) is 7.09. The maximum absolute atomic E-state index is 6.08. The summed E-state index contributed by atoms with van der Waals surface area (Å²) in [6.45, 7) is 8.81. The lowest BCUT2D eigenvalue weighted by Crippen LogP contribution is -2.27. The Hall–Kier alpha value is -0.730. The molecule has 0 saturated carbocycles. The van der Waals surface area contributed by atoms with Crippen LogP contribution in [0.2, 0.25) is 5.02 Å². The highest BCUT2D eigenvalue weighted by molar-refractivity contribution is 6.30. The Bertz CT molecular complexity index is 379. The van der Waals surface area contributed by atoms with Gasteiger partial charge in [0.05, 0.1) is 7.11 Å². The minimum absolute atomic E-state index is 0.617. The van der Waals surface area contributed by atoms with Crippen LogP contribution in [0.25, 0.3) is 0 Å². The van der Waals surface area contributed by atoms with Gasteiger partial charge >= 0.3 is 0 Å². The topological polar surface area (TPSA) is 21.3 Å². The van der Waals surface area contributed by atoms with E-state index in [1.807, 2.05) is 18.2 Å². The van der Waals surface area contributed by atoms with Crippen LogP contribution in [-0.2, 0) is 6.42 Å². The third-order valence-electron chi connectivity index (χ3n) is 3.31. The second kappa shape index (κ2) is 8.44. The van der Waals surface area contributed by atoms with Crippen LogP contribution in [0.3, 0.4) is 0 Å². The lowest BCUT2D eigenvalue weighted by atomic mass is 9.96. The minimum atomic E-state index is 0.617. The van der Waals surface area contributed by atoms with Crippen LogP contribution in [0.1, 0.15) is 32.8 Å². The summed E-state index contributed by atoms with van der Waals surface area (Å²) < 4.78 is 5.41. The highest BCUT2D eigenvalue weighted by Crippen LogP contribution is 2.25. The molecule has 0 heterocycles. The number of benzene rings is 1. The molecule has 0 aliphatic rings. The van der Waals surface area contributed by atoms with E-state index < -0.39 is 0 Å². The van der Waals surface area contributed by atoms with Gasteiger partial charge in [-0.15, -0.1) is 0 Å². The molecule has 0 bridgehead atoms. The van der Waals surface area contributed by atoms with Gasteiger partial charge in [-0.2, -0.15) is 0 Å². The summed E-state index contributed by atoms with van der Waals surface area (Å²) in [5, 5.41) is 4.31. The molecule has 3 heteroatoms. The van der Waals surface area contributed by atoms with Crippen molar-refractivity contribution in [1.29, 1.82) is 0 Å². The standard InChI is InChI=1S/C16H26ClNO/c1-5-13(11-18-10-12(2)3)8-14-9-15(17)6-7-16(14)19-4/h6-7,9,12-13,18H,5,8,10-11H2,1-4H3. The van der Waals surface area contributed by atoms with E-state index in [1.54, 1.807) is 7.11 Å². The van der Waals surface area contributed by atoms with E-state index in [2.05, 4.69) is 26.1 Å². The Morgan fingerprint density at radius 1 is 1.26 bits per heavy atom. The van der Waals surface area contributed by atoms with Crippen LogP contribution in [0, 0.1) is 11.8 Å². The summed E-state index contributed by atoms with van der Waals surface area (Å²) in [6, 6.07) is 5.85. The number of ether oxygens (including phenoxy) is 1. The molecule has 108 valence electrons. The third-order valence-corrected chi connectivity index (χ3v) is 3.55. The Balaban J connectivity index is 2.61. The summed E-state index contributed by atoms with van der Waals surface area (Å²) in [5.74, 6) is 2.25. The zero-order chi connectivity index (χ0) is 14.3. The monoisotopic (exact) mass is 283 g/mol. The van der Waals surface area contributed by atoms with Crippen molar-refractivity contribution in [2.45, 2.75) is 33.6 Å². The average molecular weight is 284 g/mol. The van der Waals surface area contributed by atoms with Gasteiger partial charge in [-0.05, 0) is 55.1 Å². The predicted octanol–water partition coefficient (Wildman–Crippen LogP) is 4.16. The summed E-state index contributed by atoms with van der Waals surface area (Å²) in [5.41, 5.74) is 1.20. The molecule has 0 aliphatic heterocycles. The van der Waals surface area contributed by atoms with Gasteiger partial charge in [0.15, 0.2) is 0 Å². The summed E-state index contributed by atoms with van der Waals surface area (Å²) in [7, 11) is 1.71. The van der Waals surface area contributed by atoms with Crippen molar-refractivity contribution in [2.75, 3.05) is 20.2 Å². The van der Waals surface area contributed by atoms with Gasteiger partial charge in [0.1, 0.15) is 5.75 Å². The van der Waals surface area contributed by atoms with E-state index in [0.717, 1.165) is 36.7 Å². The van der Waals surface area contributed by atoms with Crippen LogP contribution in [0.4, 0.5) is 0 Å². The molecule has 0 amide bonds. The highest BCUT2D eigenvalue weighted by Gasteiger charge is 2.11. The molecular formula is C16H26ClNO. The average Bonchev–Trinajstić information content (AvgIpc) is 2.37. The van der Waals surface area contributed by atoms with Crippen molar-refractivity contribution in [3.8, 4) is 5.75 Å². The maximum Gasteiger partial charge on any atom is 0.122 e. The molecule has 0 aliphatic carbocycles. The summed E-state index contributed by atoms with van der Waals surface area (Å²) in [4.78, 5) is 0. The normalized spacial score (nSPS) is 12.7. The van der Waals surface area contributed by atoms with Crippen LogP contribution < -0.4 is 10.1 Å². The number of halogens is 1. The Kier molecular flexibility index (Phi) is 7.25. The van der Waals surface area contributed by atoms with Crippen LogP contribution in [0.15, 0.2) is 18.2 Å². The fourth-order valence-electron chi connectivity index (χ4n) is 2.15. The molecular weight excluding hydrogens is 258 g/mol. The van der Waals surface area contributed by atoms with E-state index in [4.69, 9.17) is 16.3 Å². The fraction of sp³-hybridized carbons (Fsp3) is 0.625. The van der Waals surface area contributed by atoms with Gasteiger partial charge < -0.3 is 10.1 Å². The largest absolute Gasteiger partial charge is 0.496 e. The molecule has 0 radical (unpaired) electrons. The van der Waals surface area contributed by atoms with Crippen molar-refractivity contribution in [3.05, 3.63) is 28.8 Å². The van der Waals surface area contributed by atoms with Crippen LogP contribution in [0.5, 0.6) is 5.75 Å². The maximum atomic E-state index is 6.08. The number of hydrogen-bond acceptors (Lipinski definition) is 2. The third kappa shape index (κ3) is 5.84. The number of hydrogen-bond donors (Lipinski definition) is 1. The smallest absolute Gasteiger partial charge is 0.122 e. The molecule has 1 unspecified atom stereocenters. The van der Waals surface area contributed by atoms with Crippen LogP contribution in [-0.4, -0.2) is 20.2 Å². The highest BCUT2D eigenvalue weighted by atomic mass is 35.5. The van der Waals surface area contributed by atoms with E-state index in [0.29, 0.717) is 11.8 Å². The molecule has 0 saturated heterocycles. The molecule has 1 aromatic rings. The first kappa shape index (κ1) is 16.3. The fourth-order valence-corrected chi connectivity index (χ4v) is 2.35. The zero-order valence-electron chi connectivity index (χ0n) is 12.5. The van der Waals surface area contributed by atoms with E-state index in [-0.39, 0.29) is 0 Å². The first-order chi connectivity index (χ1) is 9.06. The first-order valence-corrected chi connectivity index (χ1v) is 7.47. The van der Waals surface area contributed by atoms with Gasteiger partial charge in [-0.1, -0.05) is 38.8 Å². The van der Waals surface area contributed by atoms with Crippen molar-refractivity contribution in [2.24, 2.45) is 11.8 Å². The molecule has 1 rings (SSSR count). The molecule has 0 spiro atoms. The number of methoxy groups -OCH3 is 1. The Labute approximate surface area is 122 Å². The number of nitrogens with one attached hydrogen (secondary N) is 1. The van der Waals surface area contributed by atoms with E-state index in [1.165, 1.54) is 5.56 Å². The van der Waals surface area contributed by atoms with Gasteiger partial charge in [0, 0.05) is 5.02 Å². The molecule has 2 nitrogen and oxygen atoms in total. The Morgan fingerprint density at radius 2 is 2.00 bits per heavy atom.